The number of urea groups is 1. The fourth-order valence-corrected chi connectivity index (χ4v) is 4.24. The summed E-state index contributed by atoms with van der Waals surface area (Å²) in [6.45, 7) is 3.18. The molecule has 1 saturated carbocycles. The Morgan fingerprint density at radius 2 is 1.97 bits per heavy atom. The highest BCUT2D eigenvalue weighted by Crippen LogP contribution is 2.37. The first-order chi connectivity index (χ1) is 14.1. The lowest BCUT2D eigenvalue weighted by Crippen LogP contribution is -2.50. The number of hydrogen-bond acceptors (Lipinski definition) is 3. The highest BCUT2D eigenvalue weighted by Gasteiger charge is 2.52. The van der Waals surface area contributed by atoms with Gasteiger partial charge in [0.1, 0.15) is 12.1 Å². The highest BCUT2D eigenvalue weighted by atomic mass is 19.4. The van der Waals surface area contributed by atoms with Crippen molar-refractivity contribution in [1.82, 2.24) is 15.5 Å². The lowest BCUT2D eigenvalue weighted by molar-refractivity contribution is -0.137. The van der Waals surface area contributed by atoms with Crippen LogP contribution in [-0.2, 0) is 15.8 Å². The number of carbonyl (C=O) groups is 3. The van der Waals surface area contributed by atoms with Crippen LogP contribution in [0.5, 0.6) is 0 Å². The Morgan fingerprint density at radius 3 is 2.57 bits per heavy atom. The third-order valence-electron chi connectivity index (χ3n) is 6.18. The Morgan fingerprint density at radius 1 is 1.30 bits per heavy atom. The van der Waals surface area contributed by atoms with E-state index in [1.54, 1.807) is 6.92 Å². The van der Waals surface area contributed by atoms with Gasteiger partial charge in [0, 0.05) is 0 Å². The molecule has 2 fully saturated rings. The number of alkyl halides is 3. The molecule has 1 unspecified atom stereocenters. The van der Waals surface area contributed by atoms with Gasteiger partial charge in [-0.1, -0.05) is 25.5 Å². The van der Waals surface area contributed by atoms with Crippen molar-refractivity contribution < 1.29 is 27.6 Å². The maximum absolute atomic E-state index is 12.9. The van der Waals surface area contributed by atoms with Gasteiger partial charge in [0.2, 0.25) is 5.91 Å². The van der Waals surface area contributed by atoms with Crippen molar-refractivity contribution in [3.63, 3.8) is 0 Å². The second-order valence-electron chi connectivity index (χ2n) is 8.17. The Kier molecular flexibility index (Phi) is 6.10. The summed E-state index contributed by atoms with van der Waals surface area (Å²) >= 11 is 0. The van der Waals surface area contributed by atoms with Gasteiger partial charge < -0.3 is 10.6 Å². The number of rotatable bonds is 5. The van der Waals surface area contributed by atoms with E-state index in [-0.39, 0.29) is 5.56 Å². The van der Waals surface area contributed by atoms with Gasteiger partial charge in [0.05, 0.1) is 11.6 Å². The van der Waals surface area contributed by atoms with Crippen LogP contribution in [0.1, 0.15) is 63.1 Å². The number of nitrogens with zero attached hydrogens (tertiary/aromatic N) is 1. The number of nitrogens with one attached hydrogen (secondary N) is 2. The van der Waals surface area contributed by atoms with E-state index in [2.05, 4.69) is 17.6 Å². The highest BCUT2D eigenvalue weighted by molar-refractivity contribution is 6.09. The topological polar surface area (TPSA) is 78.5 Å². The van der Waals surface area contributed by atoms with Crippen molar-refractivity contribution in [2.75, 3.05) is 6.54 Å². The molecule has 3 rings (SSSR count). The van der Waals surface area contributed by atoms with E-state index in [1.165, 1.54) is 12.1 Å². The van der Waals surface area contributed by atoms with Crippen molar-refractivity contribution >= 4 is 17.8 Å². The number of amides is 4. The third kappa shape index (κ3) is 4.44. The zero-order chi connectivity index (χ0) is 22.1. The molecule has 1 aromatic carbocycles. The lowest BCUT2D eigenvalue weighted by Gasteiger charge is -2.34. The largest absolute Gasteiger partial charge is 0.416 e. The van der Waals surface area contributed by atoms with E-state index in [9.17, 15) is 27.6 Å². The van der Waals surface area contributed by atoms with Gasteiger partial charge in [-0.25, -0.2) is 4.79 Å². The van der Waals surface area contributed by atoms with E-state index >= 15 is 0 Å². The van der Waals surface area contributed by atoms with Crippen LogP contribution in [0.4, 0.5) is 18.0 Å². The van der Waals surface area contributed by atoms with Crippen molar-refractivity contribution in [2.24, 2.45) is 5.92 Å². The summed E-state index contributed by atoms with van der Waals surface area (Å²) in [5.41, 5.74) is -1.46. The maximum Gasteiger partial charge on any atom is 0.416 e. The van der Waals surface area contributed by atoms with Gasteiger partial charge in [-0.05, 0) is 56.2 Å². The molecule has 0 radical (unpaired) electrons. The molecule has 2 N–H and O–H groups in total. The summed E-state index contributed by atoms with van der Waals surface area (Å²) in [5.74, 6) is -0.474. The van der Waals surface area contributed by atoms with Crippen LogP contribution in [0.25, 0.3) is 0 Å². The summed E-state index contributed by atoms with van der Waals surface area (Å²) in [4.78, 5) is 38.5. The molecule has 6 nitrogen and oxygen atoms in total. The first kappa shape index (κ1) is 22.1. The molecule has 30 heavy (non-hydrogen) atoms. The molecule has 2 aliphatic rings. The molecule has 4 amide bonds. The molecule has 1 heterocycles. The van der Waals surface area contributed by atoms with Crippen LogP contribution in [0.3, 0.4) is 0 Å². The molecule has 1 atom stereocenters. The summed E-state index contributed by atoms with van der Waals surface area (Å²) < 4.78 is 38.7. The molecule has 1 spiro atoms. The quantitative estimate of drug-likeness (QED) is 0.705. The first-order valence-electron chi connectivity index (χ1n) is 10.2. The van der Waals surface area contributed by atoms with Crippen LogP contribution in [0, 0.1) is 5.92 Å². The van der Waals surface area contributed by atoms with Crippen molar-refractivity contribution in [2.45, 2.75) is 63.7 Å². The van der Waals surface area contributed by atoms with Crippen molar-refractivity contribution in [1.29, 1.82) is 0 Å². The van der Waals surface area contributed by atoms with E-state index in [4.69, 9.17) is 0 Å². The van der Waals surface area contributed by atoms with Gasteiger partial charge >= 0.3 is 12.2 Å². The van der Waals surface area contributed by atoms with Crippen LogP contribution >= 0.6 is 0 Å². The minimum atomic E-state index is -4.48. The van der Waals surface area contributed by atoms with E-state index in [0.29, 0.717) is 18.8 Å². The second kappa shape index (κ2) is 8.28. The predicted octanol–water partition coefficient (Wildman–Crippen LogP) is 3.77. The van der Waals surface area contributed by atoms with E-state index in [0.717, 1.165) is 36.3 Å². The SMILES string of the molecule is CCC1CCC2(CC1)NC(=O)N(CC(=O)NC(C)c1cccc(C(F)(F)F)c1)C2=O. The fraction of sp³-hybridized carbons (Fsp3) is 0.571. The molecule has 0 aromatic heterocycles. The number of benzene rings is 1. The number of imide groups is 1. The second-order valence-corrected chi connectivity index (χ2v) is 8.17. The molecular weight excluding hydrogens is 399 g/mol. The van der Waals surface area contributed by atoms with Crippen LogP contribution in [0.2, 0.25) is 0 Å². The molecule has 164 valence electrons. The van der Waals surface area contributed by atoms with Crippen LogP contribution in [-0.4, -0.2) is 34.8 Å². The molecule has 0 bridgehead atoms. The number of hydrogen-bond donors (Lipinski definition) is 2. The summed E-state index contributed by atoms with van der Waals surface area (Å²) in [7, 11) is 0. The zero-order valence-corrected chi connectivity index (χ0v) is 17.0. The van der Waals surface area contributed by atoms with Crippen LogP contribution in [0.15, 0.2) is 24.3 Å². The lowest BCUT2D eigenvalue weighted by atomic mass is 9.75. The Bertz CT molecular complexity index is 832. The Hall–Kier alpha value is -2.58. The molecule has 1 aliphatic heterocycles. The Labute approximate surface area is 173 Å². The third-order valence-corrected chi connectivity index (χ3v) is 6.18. The monoisotopic (exact) mass is 425 g/mol. The summed E-state index contributed by atoms with van der Waals surface area (Å²) in [6, 6.07) is 3.37. The summed E-state index contributed by atoms with van der Waals surface area (Å²) in [6.07, 6.45) is -0.670. The molecule has 1 aromatic rings. The molecule has 9 heteroatoms. The van der Waals surface area contributed by atoms with E-state index < -0.39 is 47.7 Å². The normalized spacial score (nSPS) is 25.4. The molecule has 1 saturated heterocycles. The average Bonchev–Trinajstić information content (AvgIpc) is 2.92. The standard InChI is InChI=1S/C21H26F3N3O3/c1-3-14-7-9-20(10-8-14)18(29)27(19(30)26-20)12-17(28)25-13(2)15-5-4-6-16(11-15)21(22,23)24/h4-6,11,13-14H,3,7-10,12H2,1-2H3,(H,25,28)(H,26,30). The molecule has 1 aliphatic carbocycles. The smallest absolute Gasteiger partial charge is 0.348 e. The van der Waals surface area contributed by atoms with Gasteiger partial charge in [-0.2, -0.15) is 13.2 Å². The minimum absolute atomic E-state index is 0.282. The van der Waals surface area contributed by atoms with Crippen molar-refractivity contribution in [3.05, 3.63) is 35.4 Å². The minimum Gasteiger partial charge on any atom is -0.348 e. The van der Waals surface area contributed by atoms with Crippen LogP contribution < -0.4 is 10.6 Å². The molecular formula is C21H26F3N3O3. The number of carbonyl (C=O) groups excluding carboxylic acids is 3. The first-order valence-corrected chi connectivity index (χ1v) is 10.2. The fourth-order valence-electron chi connectivity index (χ4n) is 4.24. The van der Waals surface area contributed by atoms with Gasteiger partial charge in [-0.3, -0.25) is 14.5 Å². The maximum atomic E-state index is 12.9. The van der Waals surface area contributed by atoms with Gasteiger partial charge in [0.25, 0.3) is 5.91 Å². The van der Waals surface area contributed by atoms with E-state index in [1.807, 2.05) is 0 Å². The zero-order valence-electron chi connectivity index (χ0n) is 17.0. The van der Waals surface area contributed by atoms with Gasteiger partial charge in [0.15, 0.2) is 0 Å². The number of halogens is 3. The Balaban J connectivity index is 1.62. The predicted molar refractivity (Wildman–Crippen MR) is 103 cm³/mol. The summed E-state index contributed by atoms with van der Waals surface area (Å²) in [5, 5.41) is 5.33. The average molecular weight is 425 g/mol. The van der Waals surface area contributed by atoms with Gasteiger partial charge in [-0.15, -0.1) is 0 Å². The van der Waals surface area contributed by atoms with Crippen molar-refractivity contribution in [3.8, 4) is 0 Å².